The van der Waals surface area contributed by atoms with Gasteiger partial charge in [0.1, 0.15) is 18.5 Å². The summed E-state index contributed by atoms with van der Waals surface area (Å²) in [5.74, 6) is 1.11. The van der Waals surface area contributed by atoms with Gasteiger partial charge in [0.05, 0.1) is 0 Å². The molecule has 0 aliphatic rings. The number of H-pyrrole nitrogens is 1. The van der Waals surface area contributed by atoms with Crippen LogP contribution in [-0.4, -0.2) is 18.7 Å². The lowest BCUT2D eigenvalue weighted by Gasteiger charge is -1.97. The number of hydrogen-bond donors (Lipinski definition) is 1. The number of nitrogens with one attached hydrogen (secondary N) is 1. The van der Waals surface area contributed by atoms with E-state index in [2.05, 4.69) is 11.1 Å². The van der Waals surface area contributed by atoms with Gasteiger partial charge in [-0.25, -0.2) is 9.55 Å². The van der Waals surface area contributed by atoms with Crippen molar-refractivity contribution in [1.82, 2.24) is 4.98 Å². The molecular formula is C10H16N3O+. The van der Waals surface area contributed by atoms with Gasteiger partial charge in [-0.05, 0) is 12.8 Å². The zero-order chi connectivity index (χ0) is 10.2. The minimum atomic E-state index is 0.420. The highest BCUT2D eigenvalue weighted by Gasteiger charge is 2.08. The fourth-order valence-electron chi connectivity index (χ4n) is 1.38. The second-order valence-corrected chi connectivity index (χ2v) is 3.14. The Kier molecular flexibility index (Phi) is 4.73. The van der Waals surface area contributed by atoms with Crippen LogP contribution in [0.15, 0.2) is 12.4 Å². The lowest BCUT2D eigenvalue weighted by Crippen LogP contribution is -2.35. The SMILES string of the molecule is COCCCCc1[nH]cc[n+]1CC#N. The van der Waals surface area contributed by atoms with Crippen LogP contribution in [0.3, 0.4) is 0 Å². The second-order valence-electron chi connectivity index (χ2n) is 3.14. The number of nitrogens with zero attached hydrogens (tertiary/aromatic N) is 2. The van der Waals surface area contributed by atoms with Gasteiger partial charge < -0.3 is 4.74 Å². The molecule has 0 unspecified atom stereocenters. The van der Waals surface area contributed by atoms with E-state index in [0.29, 0.717) is 6.54 Å². The van der Waals surface area contributed by atoms with E-state index >= 15 is 0 Å². The smallest absolute Gasteiger partial charge is 0.255 e. The molecule has 0 aromatic carbocycles. The number of aromatic amines is 1. The molecule has 0 amide bonds. The summed E-state index contributed by atoms with van der Waals surface area (Å²) < 4.78 is 6.91. The molecule has 14 heavy (non-hydrogen) atoms. The minimum absolute atomic E-state index is 0.420. The Morgan fingerprint density at radius 3 is 3.14 bits per heavy atom. The number of methoxy groups -OCH3 is 1. The quantitative estimate of drug-likeness (QED) is 0.538. The van der Waals surface area contributed by atoms with Gasteiger partial charge in [0, 0.05) is 20.1 Å². The van der Waals surface area contributed by atoms with Gasteiger partial charge in [-0.2, -0.15) is 5.26 Å². The lowest BCUT2D eigenvalue weighted by atomic mass is 10.2. The first-order valence-electron chi connectivity index (χ1n) is 4.80. The van der Waals surface area contributed by atoms with Gasteiger partial charge in [0.25, 0.3) is 5.82 Å². The van der Waals surface area contributed by atoms with Crippen LogP contribution in [0.25, 0.3) is 0 Å². The van der Waals surface area contributed by atoms with E-state index in [1.807, 2.05) is 17.0 Å². The molecule has 0 saturated heterocycles. The predicted octanol–water partition coefficient (Wildman–Crippen LogP) is 0.795. The van der Waals surface area contributed by atoms with Crippen molar-refractivity contribution in [2.45, 2.75) is 25.8 Å². The first kappa shape index (κ1) is 10.7. The number of unbranched alkanes of at least 4 members (excludes halogenated alkanes) is 1. The fourth-order valence-corrected chi connectivity index (χ4v) is 1.38. The Hall–Kier alpha value is -1.34. The van der Waals surface area contributed by atoms with E-state index in [0.717, 1.165) is 31.7 Å². The summed E-state index contributed by atoms with van der Waals surface area (Å²) >= 11 is 0. The number of ether oxygens (including phenoxy) is 1. The first-order chi connectivity index (χ1) is 6.88. The first-order valence-corrected chi connectivity index (χ1v) is 4.80. The Balaban J connectivity index is 2.35. The van der Waals surface area contributed by atoms with Crippen molar-refractivity contribution in [3.8, 4) is 6.07 Å². The fraction of sp³-hybridized carbons (Fsp3) is 0.600. The van der Waals surface area contributed by atoms with Crippen molar-refractivity contribution >= 4 is 0 Å². The maximum atomic E-state index is 8.57. The van der Waals surface area contributed by atoms with Crippen LogP contribution in [-0.2, 0) is 17.7 Å². The molecule has 1 N–H and O–H groups in total. The van der Waals surface area contributed by atoms with Gasteiger partial charge >= 0.3 is 0 Å². The number of hydrogen-bond acceptors (Lipinski definition) is 2. The van der Waals surface area contributed by atoms with Crippen LogP contribution < -0.4 is 4.57 Å². The third-order valence-corrected chi connectivity index (χ3v) is 2.10. The molecule has 1 aromatic heterocycles. The summed E-state index contributed by atoms with van der Waals surface area (Å²) in [4.78, 5) is 3.14. The Morgan fingerprint density at radius 1 is 1.57 bits per heavy atom. The summed E-state index contributed by atoms with van der Waals surface area (Å²) in [7, 11) is 1.71. The highest BCUT2D eigenvalue weighted by Crippen LogP contribution is 1.97. The average Bonchev–Trinajstić information content (AvgIpc) is 2.61. The van der Waals surface area contributed by atoms with Gasteiger partial charge in [-0.1, -0.05) is 0 Å². The van der Waals surface area contributed by atoms with Crippen LogP contribution in [0.2, 0.25) is 0 Å². The van der Waals surface area contributed by atoms with Gasteiger partial charge in [0.15, 0.2) is 6.54 Å². The number of nitriles is 1. The van der Waals surface area contributed by atoms with Crippen LogP contribution in [0.1, 0.15) is 18.7 Å². The molecule has 4 heteroatoms. The summed E-state index contributed by atoms with van der Waals surface area (Å²) in [5.41, 5.74) is 0. The molecule has 0 spiro atoms. The summed E-state index contributed by atoms with van der Waals surface area (Å²) in [6.07, 6.45) is 6.87. The van der Waals surface area contributed by atoms with Gasteiger partial charge in [0.2, 0.25) is 0 Å². The number of aromatic nitrogens is 2. The molecule has 0 radical (unpaired) electrons. The largest absolute Gasteiger partial charge is 0.385 e. The van der Waals surface area contributed by atoms with Crippen molar-refractivity contribution in [2.75, 3.05) is 13.7 Å². The van der Waals surface area contributed by atoms with Gasteiger partial charge in [-0.15, -0.1) is 0 Å². The standard InChI is InChI=1S/C10H15N3O/c1-14-9-3-2-4-10-12-6-8-13(10)7-5-11/h6,8H,2-4,7,9H2,1H3/p+1. The Morgan fingerprint density at radius 2 is 2.43 bits per heavy atom. The summed E-state index contributed by atoms with van der Waals surface area (Å²) in [6.45, 7) is 1.22. The van der Waals surface area contributed by atoms with Crippen LogP contribution in [0, 0.1) is 11.3 Å². The minimum Gasteiger partial charge on any atom is -0.385 e. The predicted molar refractivity (Wildman–Crippen MR) is 51.4 cm³/mol. The molecule has 4 nitrogen and oxygen atoms in total. The molecule has 1 aromatic rings. The van der Waals surface area contributed by atoms with Crippen molar-refractivity contribution in [2.24, 2.45) is 0 Å². The van der Waals surface area contributed by atoms with Gasteiger partial charge in [-0.3, -0.25) is 0 Å². The molecule has 1 rings (SSSR count). The molecule has 1 heterocycles. The molecule has 0 fully saturated rings. The van der Waals surface area contributed by atoms with Crippen LogP contribution in [0.4, 0.5) is 0 Å². The molecular weight excluding hydrogens is 178 g/mol. The van der Waals surface area contributed by atoms with Crippen molar-refractivity contribution < 1.29 is 9.30 Å². The third-order valence-electron chi connectivity index (χ3n) is 2.10. The maximum Gasteiger partial charge on any atom is 0.255 e. The molecule has 0 atom stereocenters. The Bertz CT molecular complexity index is 301. The molecule has 0 bridgehead atoms. The highest BCUT2D eigenvalue weighted by atomic mass is 16.5. The highest BCUT2D eigenvalue weighted by molar-refractivity contribution is 4.78. The molecule has 0 aliphatic carbocycles. The van der Waals surface area contributed by atoms with Crippen molar-refractivity contribution in [3.63, 3.8) is 0 Å². The average molecular weight is 194 g/mol. The van der Waals surface area contributed by atoms with E-state index in [1.54, 1.807) is 7.11 Å². The second kappa shape index (κ2) is 6.17. The van der Waals surface area contributed by atoms with Crippen molar-refractivity contribution in [3.05, 3.63) is 18.2 Å². The molecule has 0 aliphatic heterocycles. The van der Waals surface area contributed by atoms with E-state index in [-0.39, 0.29) is 0 Å². The summed E-state index contributed by atoms with van der Waals surface area (Å²) in [6, 6.07) is 2.13. The van der Waals surface area contributed by atoms with Crippen LogP contribution in [0.5, 0.6) is 0 Å². The van der Waals surface area contributed by atoms with Crippen molar-refractivity contribution in [1.29, 1.82) is 5.26 Å². The maximum absolute atomic E-state index is 8.57. The van der Waals surface area contributed by atoms with E-state index in [9.17, 15) is 0 Å². The number of imidazole rings is 1. The normalized spacial score (nSPS) is 10.0. The molecule has 0 saturated carbocycles. The third kappa shape index (κ3) is 3.19. The van der Waals surface area contributed by atoms with E-state index in [4.69, 9.17) is 10.00 Å². The topological polar surface area (TPSA) is 52.7 Å². The van der Waals surface area contributed by atoms with Crippen LogP contribution >= 0.6 is 0 Å². The number of aryl methyl sites for hydroxylation is 1. The van der Waals surface area contributed by atoms with E-state index in [1.165, 1.54) is 0 Å². The monoisotopic (exact) mass is 194 g/mol. The molecule has 76 valence electrons. The summed E-state index contributed by atoms with van der Waals surface area (Å²) in [5, 5.41) is 8.57. The lowest BCUT2D eigenvalue weighted by molar-refractivity contribution is -0.691. The zero-order valence-electron chi connectivity index (χ0n) is 8.49. The number of rotatable bonds is 6. The zero-order valence-corrected chi connectivity index (χ0v) is 8.49. The van der Waals surface area contributed by atoms with E-state index < -0.39 is 0 Å². The Labute approximate surface area is 84.1 Å².